The number of aliphatic carboxylic acids is 1. The molecule has 2 aliphatic rings. The van der Waals surface area contributed by atoms with E-state index in [0.29, 0.717) is 23.4 Å². The van der Waals surface area contributed by atoms with Gasteiger partial charge in [-0.15, -0.1) is 11.3 Å². The second-order valence-corrected chi connectivity index (χ2v) is 8.57. The van der Waals surface area contributed by atoms with Gasteiger partial charge >= 0.3 is 11.9 Å². The molecule has 1 amide bonds. The number of ether oxygens (including phenoxy) is 1. The van der Waals surface area contributed by atoms with E-state index in [-0.39, 0.29) is 17.7 Å². The minimum Gasteiger partial charge on any atom is -0.481 e. The predicted octanol–water partition coefficient (Wildman–Crippen LogP) is 3.59. The molecule has 6 nitrogen and oxygen atoms in total. The van der Waals surface area contributed by atoms with Gasteiger partial charge in [-0.2, -0.15) is 0 Å². The van der Waals surface area contributed by atoms with E-state index in [1.807, 2.05) is 42.5 Å². The Bertz CT molecular complexity index is 980. The van der Waals surface area contributed by atoms with Crippen LogP contribution < -0.4 is 5.32 Å². The molecule has 4 unspecified atom stereocenters. The van der Waals surface area contributed by atoms with Gasteiger partial charge in [0.05, 0.1) is 24.5 Å². The molecular formula is C22H21NO5S. The highest BCUT2D eigenvalue weighted by molar-refractivity contribution is 7.16. The maximum absolute atomic E-state index is 13.0. The largest absolute Gasteiger partial charge is 0.481 e. The highest BCUT2D eigenvalue weighted by atomic mass is 32.1. The van der Waals surface area contributed by atoms with Crippen LogP contribution in [-0.4, -0.2) is 30.1 Å². The van der Waals surface area contributed by atoms with Crippen molar-refractivity contribution in [2.45, 2.75) is 12.8 Å². The van der Waals surface area contributed by atoms with Crippen LogP contribution in [0, 0.1) is 23.7 Å². The standard InChI is InChI=1S/C22H21NO5S/c1-28-22(27)16-11-15(9-12-5-3-2-4-6-12)29-20(16)23-19(24)17-13-7-8-14(10-13)18(17)21(25)26/h2-8,11,13-14,17-18H,9-10H2,1H3,(H,23,24)(H,25,26). The van der Waals surface area contributed by atoms with Gasteiger partial charge in [-0.3, -0.25) is 9.59 Å². The zero-order chi connectivity index (χ0) is 20.5. The molecule has 1 aromatic heterocycles. The first-order valence-corrected chi connectivity index (χ1v) is 10.3. The maximum atomic E-state index is 13.0. The number of amides is 1. The van der Waals surface area contributed by atoms with Crippen molar-refractivity contribution in [3.05, 3.63) is 64.6 Å². The van der Waals surface area contributed by atoms with Gasteiger partial charge in [0.25, 0.3) is 0 Å². The number of carboxylic acid groups (broad SMARTS) is 1. The van der Waals surface area contributed by atoms with Crippen molar-refractivity contribution in [2.75, 3.05) is 12.4 Å². The van der Waals surface area contributed by atoms with Crippen molar-refractivity contribution < 1.29 is 24.2 Å². The van der Waals surface area contributed by atoms with E-state index in [2.05, 4.69) is 5.32 Å². The lowest BCUT2D eigenvalue weighted by molar-refractivity contribution is -0.146. The van der Waals surface area contributed by atoms with Gasteiger partial charge in [0.1, 0.15) is 5.00 Å². The van der Waals surface area contributed by atoms with Crippen LogP contribution >= 0.6 is 11.3 Å². The number of anilines is 1. The molecule has 2 bridgehead atoms. The van der Waals surface area contributed by atoms with Crippen molar-refractivity contribution in [3.63, 3.8) is 0 Å². The molecule has 0 saturated heterocycles. The number of methoxy groups -OCH3 is 1. The first-order valence-electron chi connectivity index (χ1n) is 9.45. The lowest BCUT2D eigenvalue weighted by atomic mass is 9.82. The summed E-state index contributed by atoms with van der Waals surface area (Å²) in [6.07, 6.45) is 5.14. The monoisotopic (exact) mass is 411 g/mol. The van der Waals surface area contributed by atoms with Gasteiger partial charge in [0.15, 0.2) is 0 Å². The van der Waals surface area contributed by atoms with Gasteiger partial charge < -0.3 is 15.2 Å². The van der Waals surface area contributed by atoms with Crippen molar-refractivity contribution in [1.29, 1.82) is 0 Å². The Morgan fingerprint density at radius 2 is 1.83 bits per heavy atom. The van der Waals surface area contributed by atoms with E-state index < -0.39 is 23.8 Å². The summed E-state index contributed by atoms with van der Waals surface area (Å²) in [4.78, 5) is 37.8. The fraction of sp³-hybridized carbons (Fsp3) is 0.318. The lowest BCUT2D eigenvalue weighted by Gasteiger charge is -2.23. The molecule has 0 radical (unpaired) electrons. The Hall–Kier alpha value is -2.93. The van der Waals surface area contributed by atoms with Crippen LogP contribution in [-0.2, 0) is 20.7 Å². The summed E-state index contributed by atoms with van der Waals surface area (Å²) in [6.45, 7) is 0. The molecule has 4 rings (SSSR count). The van der Waals surface area contributed by atoms with E-state index in [9.17, 15) is 19.5 Å². The Balaban J connectivity index is 1.58. The molecule has 1 saturated carbocycles. The quantitative estimate of drug-likeness (QED) is 0.560. The summed E-state index contributed by atoms with van der Waals surface area (Å²) in [5, 5.41) is 12.8. The molecule has 0 aliphatic heterocycles. The SMILES string of the molecule is COC(=O)c1cc(Cc2ccccc2)sc1NC(=O)C1C2C=CC(C2)C1C(=O)O. The molecule has 29 heavy (non-hydrogen) atoms. The van der Waals surface area contributed by atoms with Crippen LogP contribution in [0.15, 0.2) is 48.6 Å². The third-order valence-corrected chi connectivity index (χ3v) is 6.74. The van der Waals surface area contributed by atoms with Crippen molar-refractivity contribution in [1.82, 2.24) is 0 Å². The number of carbonyl (C=O) groups excluding carboxylic acids is 2. The number of hydrogen-bond donors (Lipinski definition) is 2. The summed E-state index contributed by atoms with van der Waals surface area (Å²) in [7, 11) is 1.30. The third-order valence-electron chi connectivity index (χ3n) is 5.69. The molecule has 0 spiro atoms. The van der Waals surface area contributed by atoms with Crippen molar-refractivity contribution >= 4 is 34.2 Å². The van der Waals surface area contributed by atoms with Crippen LogP contribution in [0.25, 0.3) is 0 Å². The van der Waals surface area contributed by atoms with Gasteiger partial charge in [-0.1, -0.05) is 42.5 Å². The van der Waals surface area contributed by atoms with E-state index in [1.54, 1.807) is 6.07 Å². The molecule has 150 valence electrons. The number of thiophene rings is 1. The van der Waals surface area contributed by atoms with E-state index in [4.69, 9.17) is 4.74 Å². The Morgan fingerprint density at radius 3 is 2.48 bits per heavy atom. The van der Waals surface area contributed by atoms with E-state index in [0.717, 1.165) is 10.4 Å². The predicted molar refractivity (Wildman–Crippen MR) is 109 cm³/mol. The topological polar surface area (TPSA) is 92.7 Å². The smallest absolute Gasteiger partial charge is 0.340 e. The molecule has 4 atom stereocenters. The average Bonchev–Trinajstić information content (AvgIpc) is 3.42. The Morgan fingerprint density at radius 1 is 1.14 bits per heavy atom. The summed E-state index contributed by atoms with van der Waals surface area (Å²) in [5.74, 6) is -3.38. The first-order chi connectivity index (χ1) is 14.0. The zero-order valence-corrected chi connectivity index (χ0v) is 16.6. The Labute approximate surface area is 172 Å². The number of esters is 1. The molecule has 2 aliphatic carbocycles. The van der Waals surface area contributed by atoms with Gasteiger partial charge in [0.2, 0.25) is 5.91 Å². The molecule has 1 aromatic carbocycles. The molecule has 2 aromatic rings. The second kappa shape index (κ2) is 7.83. The van der Waals surface area contributed by atoms with Crippen molar-refractivity contribution in [2.24, 2.45) is 23.7 Å². The second-order valence-electron chi connectivity index (χ2n) is 7.44. The average molecular weight is 411 g/mol. The molecule has 2 N–H and O–H groups in total. The zero-order valence-electron chi connectivity index (χ0n) is 15.8. The molecule has 7 heteroatoms. The van der Waals surface area contributed by atoms with Crippen molar-refractivity contribution in [3.8, 4) is 0 Å². The number of benzene rings is 1. The van der Waals surface area contributed by atoms with E-state index >= 15 is 0 Å². The summed E-state index contributed by atoms with van der Waals surface area (Å²) in [5.41, 5.74) is 1.38. The van der Waals surface area contributed by atoms with Crippen LogP contribution in [0.2, 0.25) is 0 Å². The minimum absolute atomic E-state index is 0.0774. The summed E-state index contributed by atoms with van der Waals surface area (Å²) >= 11 is 1.32. The first kappa shape index (κ1) is 19.4. The molecule has 1 fully saturated rings. The number of carboxylic acids is 1. The maximum Gasteiger partial charge on any atom is 0.340 e. The van der Waals surface area contributed by atoms with Crippen LogP contribution in [0.5, 0.6) is 0 Å². The Kier molecular flexibility index (Phi) is 5.24. The number of rotatable bonds is 6. The number of fused-ring (bicyclic) bond motifs is 2. The van der Waals surface area contributed by atoms with Crippen LogP contribution in [0.4, 0.5) is 5.00 Å². The lowest BCUT2D eigenvalue weighted by Crippen LogP contribution is -2.36. The van der Waals surface area contributed by atoms with Gasteiger partial charge in [0, 0.05) is 11.3 Å². The summed E-state index contributed by atoms with van der Waals surface area (Å²) in [6, 6.07) is 11.5. The van der Waals surface area contributed by atoms with Crippen LogP contribution in [0.3, 0.4) is 0 Å². The summed E-state index contributed by atoms with van der Waals surface area (Å²) < 4.78 is 4.87. The van der Waals surface area contributed by atoms with Gasteiger partial charge in [-0.05, 0) is 29.9 Å². The fourth-order valence-electron chi connectivity index (χ4n) is 4.39. The molecular weight excluding hydrogens is 390 g/mol. The fourth-order valence-corrected chi connectivity index (χ4v) is 5.47. The third kappa shape index (κ3) is 3.70. The number of carbonyl (C=O) groups is 3. The number of nitrogens with one attached hydrogen (secondary N) is 1. The minimum atomic E-state index is -0.953. The highest BCUT2D eigenvalue weighted by Crippen LogP contribution is 2.48. The van der Waals surface area contributed by atoms with Crippen LogP contribution in [0.1, 0.15) is 27.2 Å². The highest BCUT2D eigenvalue weighted by Gasteiger charge is 2.51. The normalized spacial score (nSPS) is 24.4. The molecule has 1 heterocycles. The van der Waals surface area contributed by atoms with E-state index in [1.165, 1.54) is 18.4 Å². The number of hydrogen-bond acceptors (Lipinski definition) is 5. The number of allylic oxidation sites excluding steroid dienone is 2. The van der Waals surface area contributed by atoms with Gasteiger partial charge in [-0.25, -0.2) is 4.79 Å².